The monoisotopic (exact) mass is 482 g/mol. The van der Waals surface area contributed by atoms with Crippen LogP contribution >= 0.6 is 0 Å². The largest absolute Gasteiger partial charge is 0.465 e. The first kappa shape index (κ1) is 23.3. The van der Waals surface area contributed by atoms with Gasteiger partial charge in [-0.1, -0.05) is 60.7 Å². The number of carboxylic acid groups (broad SMARTS) is 1. The molecule has 4 aromatic rings. The number of rotatable bonds is 5. The number of carbonyl (C=O) groups is 3. The van der Waals surface area contributed by atoms with E-state index in [2.05, 4.69) is 5.10 Å². The molecular formula is C28H26N4O4. The van der Waals surface area contributed by atoms with E-state index >= 15 is 0 Å². The SMILES string of the molecule is CC(=O)N(C(=O)O)[C@@H]1Cc2cc3cnn(Cc4ccccc4)c3cc2CN(Cc2ccccc2)C1=O. The van der Waals surface area contributed by atoms with Gasteiger partial charge in [-0.05, 0) is 34.4 Å². The third-order valence-corrected chi connectivity index (χ3v) is 6.58. The Morgan fingerprint density at radius 2 is 1.61 bits per heavy atom. The predicted molar refractivity (Wildman–Crippen MR) is 134 cm³/mol. The third kappa shape index (κ3) is 4.57. The normalized spacial score (nSPS) is 15.4. The Labute approximate surface area is 208 Å². The standard InChI is InChI=1S/C28H26N4O4/c1-19(33)32(28(35)36)26-13-22-12-23-15-29-31(17-21-10-6-3-7-11-21)25(23)14-24(22)18-30(27(26)34)16-20-8-4-2-5-9-20/h2-12,14-15,26H,13,16-18H2,1H3,(H,35,36)/t26-/m1/s1. The van der Waals surface area contributed by atoms with Crippen molar-refractivity contribution >= 4 is 28.8 Å². The third-order valence-electron chi connectivity index (χ3n) is 6.58. The molecule has 0 saturated heterocycles. The highest BCUT2D eigenvalue weighted by atomic mass is 16.4. The minimum absolute atomic E-state index is 0.116. The molecule has 1 atom stereocenters. The second-order valence-corrected chi connectivity index (χ2v) is 9.04. The summed E-state index contributed by atoms with van der Waals surface area (Å²) in [4.78, 5) is 40.2. The van der Waals surface area contributed by atoms with Crippen molar-refractivity contribution in [2.45, 2.75) is 39.0 Å². The number of imide groups is 1. The topological polar surface area (TPSA) is 95.7 Å². The van der Waals surface area contributed by atoms with Gasteiger partial charge in [0.05, 0.1) is 18.3 Å². The van der Waals surface area contributed by atoms with Crippen LogP contribution in [0.2, 0.25) is 0 Å². The maximum absolute atomic E-state index is 13.7. The summed E-state index contributed by atoms with van der Waals surface area (Å²) in [6, 6.07) is 22.4. The minimum Gasteiger partial charge on any atom is -0.465 e. The Kier molecular flexibility index (Phi) is 6.25. The summed E-state index contributed by atoms with van der Waals surface area (Å²) in [5.74, 6) is -1.07. The van der Waals surface area contributed by atoms with Crippen LogP contribution in [-0.4, -0.2) is 48.6 Å². The lowest BCUT2D eigenvalue weighted by Crippen LogP contribution is -2.52. The van der Waals surface area contributed by atoms with Gasteiger partial charge in [0, 0.05) is 31.8 Å². The highest BCUT2D eigenvalue weighted by Gasteiger charge is 2.38. The van der Waals surface area contributed by atoms with Gasteiger partial charge in [0.2, 0.25) is 11.8 Å². The maximum atomic E-state index is 13.7. The molecule has 8 heteroatoms. The molecule has 1 N–H and O–H groups in total. The van der Waals surface area contributed by atoms with Crippen molar-refractivity contribution in [3.63, 3.8) is 0 Å². The molecule has 8 nitrogen and oxygen atoms in total. The van der Waals surface area contributed by atoms with Crippen LogP contribution in [0.5, 0.6) is 0 Å². The van der Waals surface area contributed by atoms with Crippen LogP contribution < -0.4 is 0 Å². The molecule has 0 bridgehead atoms. The van der Waals surface area contributed by atoms with Gasteiger partial charge in [0.25, 0.3) is 0 Å². The van der Waals surface area contributed by atoms with Crippen LogP contribution in [0.1, 0.15) is 29.2 Å². The zero-order valence-corrected chi connectivity index (χ0v) is 19.9. The lowest BCUT2D eigenvalue weighted by Gasteiger charge is -2.29. The maximum Gasteiger partial charge on any atom is 0.414 e. The molecule has 0 spiro atoms. The molecule has 1 aromatic heterocycles. The van der Waals surface area contributed by atoms with E-state index in [0.29, 0.717) is 24.5 Å². The molecule has 1 aliphatic heterocycles. The van der Waals surface area contributed by atoms with Crippen molar-refractivity contribution in [1.29, 1.82) is 0 Å². The van der Waals surface area contributed by atoms with E-state index in [-0.39, 0.29) is 12.3 Å². The van der Waals surface area contributed by atoms with Crippen LogP contribution in [0.3, 0.4) is 0 Å². The van der Waals surface area contributed by atoms with Crippen molar-refractivity contribution in [2.24, 2.45) is 0 Å². The molecule has 3 aromatic carbocycles. The lowest BCUT2D eigenvalue weighted by molar-refractivity contribution is -0.143. The number of amides is 3. The van der Waals surface area contributed by atoms with E-state index < -0.39 is 18.0 Å². The Morgan fingerprint density at radius 1 is 0.972 bits per heavy atom. The highest BCUT2D eigenvalue weighted by molar-refractivity contribution is 5.97. The Hall–Kier alpha value is -4.46. The van der Waals surface area contributed by atoms with Gasteiger partial charge in [0.15, 0.2) is 0 Å². The number of hydrogen-bond donors (Lipinski definition) is 1. The molecule has 0 radical (unpaired) electrons. The van der Waals surface area contributed by atoms with E-state index in [0.717, 1.165) is 33.2 Å². The van der Waals surface area contributed by atoms with Gasteiger partial charge in [-0.3, -0.25) is 14.3 Å². The van der Waals surface area contributed by atoms with Crippen LogP contribution in [0.25, 0.3) is 10.9 Å². The molecule has 0 fully saturated rings. The molecule has 2 heterocycles. The summed E-state index contributed by atoms with van der Waals surface area (Å²) < 4.78 is 1.93. The zero-order valence-electron chi connectivity index (χ0n) is 19.9. The summed E-state index contributed by atoms with van der Waals surface area (Å²) in [5.41, 5.74) is 4.73. The first-order valence-electron chi connectivity index (χ1n) is 11.8. The number of fused-ring (bicyclic) bond motifs is 2. The fourth-order valence-electron chi connectivity index (χ4n) is 4.85. The van der Waals surface area contributed by atoms with Crippen molar-refractivity contribution in [3.8, 4) is 0 Å². The van der Waals surface area contributed by atoms with E-state index in [1.54, 1.807) is 11.1 Å². The molecule has 0 saturated carbocycles. The average molecular weight is 483 g/mol. The minimum atomic E-state index is -1.43. The first-order valence-corrected chi connectivity index (χ1v) is 11.8. The van der Waals surface area contributed by atoms with Crippen molar-refractivity contribution in [3.05, 3.63) is 101 Å². The summed E-state index contributed by atoms with van der Waals surface area (Å²) in [6.07, 6.45) is 0.466. The number of carbonyl (C=O) groups excluding carboxylic acids is 2. The van der Waals surface area contributed by atoms with E-state index in [1.165, 1.54) is 6.92 Å². The molecule has 182 valence electrons. The Morgan fingerprint density at radius 3 is 2.22 bits per heavy atom. The molecule has 5 rings (SSSR count). The predicted octanol–water partition coefficient (Wildman–Crippen LogP) is 4.06. The van der Waals surface area contributed by atoms with E-state index in [9.17, 15) is 19.5 Å². The molecule has 36 heavy (non-hydrogen) atoms. The van der Waals surface area contributed by atoms with Crippen molar-refractivity contribution in [2.75, 3.05) is 0 Å². The second-order valence-electron chi connectivity index (χ2n) is 9.04. The van der Waals surface area contributed by atoms with Crippen molar-refractivity contribution < 1.29 is 19.5 Å². The first-order chi connectivity index (χ1) is 17.4. The number of benzene rings is 3. The van der Waals surface area contributed by atoms with Crippen LogP contribution in [0.15, 0.2) is 79.0 Å². The smallest absolute Gasteiger partial charge is 0.414 e. The molecule has 1 aliphatic rings. The molecular weight excluding hydrogens is 456 g/mol. The van der Waals surface area contributed by atoms with Crippen LogP contribution in [-0.2, 0) is 35.6 Å². The summed E-state index contributed by atoms with van der Waals surface area (Å²) in [7, 11) is 0. The van der Waals surface area contributed by atoms with Crippen LogP contribution in [0.4, 0.5) is 4.79 Å². The fourth-order valence-corrected chi connectivity index (χ4v) is 4.85. The van der Waals surface area contributed by atoms with Crippen molar-refractivity contribution in [1.82, 2.24) is 19.6 Å². The van der Waals surface area contributed by atoms with E-state index in [4.69, 9.17) is 0 Å². The van der Waals surface area contributed by atoms with Gasteiger partial charge >= 0.3 is 6.09 Å². The van der Waals surface area contributed by atoms with Crippen LogP contribution in [0, 0.1) is 0 Å². The molecule has 0 unspecified atom stereocenters. The lowest BCUT2D eigenvalue weighted by atomic mass is 9.99. The second kappa shape index (κ2) is 9.65. The average Bonchev–Trinajstić information content (AvgIpc) is 3.19. The number of aromatic nitrogens is 2. The summed E-state index contributed by atoms with van der Waals surface area (Å²) in [6.45, 7) is 2.39. The highest BCUT2D eigenvalue weighted by Crippen LogP contribution is 2.29. The Bertz CT molecular complexity index is 1420. The van der Waals surface area contributed by atoms with Gasteiger partial charge in [0.1, 0.15) is 6.04 Å². The zero-order chi connectivity index (χ0) is 25.2. The fraction of sp³-hybridized carbons (Fsp3) is 0.214. The number of nitrogens with zero attached hydrogens (tertiary/aromatic N) is 4. The van der Waals surface area contributed by atoms with Gasteiger partial charge < -0.3 is 10.0 Å². The summed E-state index contributed by atoms with van der Waals surface area (Å²) in [5, 5.41) is 15.2. The Balaban J connectivity index is 1.57. The molecule has 3 amide bonds. The van der Waals surface area contributed by atoms with E-state index in [1.807, 2.05) is 77.5 Å². The quantitative estimate of drug-likeness (QED) is 0.463. The molecule has 0 aliphatic carbocycles. The van der Waals surface area contributed by atoms with Gasteiger partial charge in [-0.15, -0.1) is 0 Å². The van der Waals surface area contributed by atoms with Gasteiger partial charge in [-0.25, -0.2) is 9.69 Å². The van der Waals surface area contributed by atoms with Gasteiger partial charge in [-0.2, -0.15) is 5.10 Å². The number of hydrogen-bond acceptors (Lipinski definition) is 4. The summed E-state index contributed by atoms with van der Waals surface area (Å²) >= 11 is 0.